The topological polar surface area (TPSA) is 55.1 Å². The first-order chi connectivity index (χ1) is 8.02. The highest BCUT2D eigenvalue weighted by atomic mass is 16.4. The molecule has 0 atom stereocenters. The lowest BCUT2D eigenvalue weighted by atomic mass is 9.97. The Morgan fingerprint density at radius 1 is 1.24 bits per heavy atom. The maximum absolute atomic E-state index is 11.2. The Balaban J connectivity index is 2.73. The first kappa shape index (κ1) is 11.4. The van der Waals surface area contributed by atoms with Gasteiger partial charge in [-0.05, 0) is 49.6 Å². The third kappa shape index (κ3) is 1.82. The first-order valence-electron chi connectivity index (χ1n) is 5.36. The molecular weight excluding hydrogens is 216 g/mol. The van der Waals surface area contributed by atoms with Crippen LogP contribution < -0.4 is 0 Å². The molecule has 0 aliphatic rings. The van der Waals surface area contributed by atoms with Crippen molar-refractivity contribution in [3.8, 4) is 5.69 Å². The molecule has 2 rings (SSSR count). The fourth-order valence-electron chi connectivity index (χ4n) is 1.90. The van der Waals surface area contributed by atoms with Gasteiger partial charge in [0, 0.05) is 12.4 Å². The molecule has 17 heavy (non-hydrogen) atoms. The predicted octanol–water partition coefficient (Wildman–Crippen LogP) is 2.50. The van der Waals surface area contributed by atoms with Gasteiger partial charge in [0.15, 0.2) is 0 Å². The molecule has 0 amide bonds. The van der Waals surface area contributed by atoms with Gasteiger partial charge in [-0.25, -0.2) is 9.48 Å². The molecule has 0 bridgehead atoms. The Labute approximate surface area is 99.5 Å². The molecule has 1 heterocycles. The van der Waals surface area contributed by atoms with Crippen molar-refractivity contribution >= 4 is 5.97 Å². The molecule has 2 aromatic rings. The largest absolute Gasteiger partial charge is 0.478 e. The van der Waals surface area contributed by atoms with E-state index in [2.05, 4.69) is 5.10 Å². The third-order valence-corrected chi connectivity index (χ3v) is 3.18. The molecule has 0 saturated heterocycles. The number of carboxylic acid groups (broad SMARTS) is 1. The molecule has 0 aliphatic heterocycles. The second-order valence-corrected chi connectivity index (χ2v) is 4.07. The van der Waals surface area contributed by atoms with Crippen molar-refractivity contribution in [2.75, 3.05) is 0 Å². The molecule has 0 fully saturated rings. The maximum Gasteiger partial charge on any atom is 0.336 e. The number of aromatic carboxylic acids is 1. The van der Waals surface area contributed by atoms with Crippen molar-refractivity contribution in [1.82, 2.24) is 9.78 Å². The van der Waals surface area contributed by atoms with E-state index in [-0.39, 0.29) is 0 Å². The van der Waals surface area contributed by atoms with Crippen molar-refractivity contribution in [3.05, 3.63) is 46.8 Å². The second-order valence-electron chi connectivity index (χ2n) is 4.07. The van der Waals surface area contributed by atoms with Crippen molar-refractivity contribution < 1.29 is 9.90 Å². The summed E-state index contributed by atoms with van der Waals surface area (Å²) in [6.45, 7) is 5.74. The van der Waals surface area contributed by atoms with Crippen LogP contribution in [-0.2, 0) is 0 Å². The number of carbonyl (C=O) groups is 1. The van der Waals surface area contributed by atoms with E-state index < -0.39 is 5.97 Å². The quantitative estimate of drug-likeness (QED) is 0.862. The standard InChI is InChI=1S/C13H14N2O2/c1-8-9(2)11(13(16)17)7-12(10(8)3)15-6-4-5-14-15/h4-7H,1-3H3,(H,16,17). The third-order valence-electron chi connectivity index (χ3n) is 3.18. The summed E-state index contributed by atoms with van der Waals surface area (Å²) in [5.74, 6) is -0.904. The summed E-state index contributed by atoms with van der Waals surface area (Å²) in [5.41, 5.74) is 4.01. The van der Waals surface area contributed by atoms with Gasteiger partial charge in [-0.15, -0.1) is 0 Å². The number of benzene rings is 1. The minimum atomic E-state index is -0.904. The van der Waals surface area contributed by atoms with Gasteiger partial charge in [0.1, 0.15) is 0 Å². The number of hydrogen-bond acceptors (Lipinski definition) is 2. The van der Waals surface area contributed by atoms with Crippen LogP contribution in [0.2, 0.25) is 0 Å². The van der Waals surface area contributed by atoms with E-state index in [9.17, 15) is 9.90 Å². The van der Waals surface area contributed by atoms with Gasteiger partial charge >= 0.3 is 5.97 Å². The molecule has 4 heteroatoms. The van der Waals surface area contributed by atoms with E-state index in [0.29, 0.717) is 5.56 Å². The first-order valence-corrected chi connectivity index (χ1v) is 5.36. The van der Waals surface area contributed by atoms with E-state index in [1.165, 1.54) is 0 Å². The molecule has 0 spiro atoms. The van der Waals surface area contributed by atoms with Gasteiger partial charge < -0.3 is 5.11 Å². The highest BCUT2D eigenvalue weighted by molar-refractivity contribution is 5.91. The highest BCUT2D eigenvalue weighted by Gasteiger charge is 2.15. The van der Waals surface area contributed by atoms with Gasteiger partial charge in [-0.2, -0.15) is 5.10 Å². The average Bonchev–Trinajstić information content (AvgIpc) is 2.79. The Morgan fingerprint density at radius 3 is 2.47 bits per heavy atom. The highest BCUT2D eigenvalue weighted by Crippen LogP contribution is 2.24. The zero-order chi connectivity index (χ0) is 12.6. The second kappa shape index (κ2) is 4.05. The summed E-state index contributed by atoms with van der Waals surface area (Å²) < 4.78 is 1.69. The van der Waals surface area contributed by atoms with Crippen LogP contribution in [0, 0.1) is 20.8 Å². The summed E-state index contributed by atoms with van der Waals surface area (Å²) in [6, 6.07) is 3.49. The van der Waals surface area contributed by atoms with Crippen molar-refractivity contribution in [3.63, 3.8) is 0 Å². The van der Waals surface area contributed by atoms with E-state index >= 15 is 0 Å². The smallest absolute Gasteiger partial charge is 0.336 e. The van der Waals surface area contributed by atoms with E-state index in [4.69, 9.17) is 0 Å². The Hall–Kier alpha value is -2.10. The number of hydrogen-bond donors (Lipinski definition) is 1. The van der Waals surface area contributed by atoms with Crippen LogP contribution >= 0.6 is 0 Å². The van der Waals surface area contributed by atoms with E-state index in [0.717, 1.165) is 22.4 Å². The molecule has 88 valence electrons. The zero-order valence-corrected chi connectivity index (χ0v) is 10.1. The Kier molecular flexibility index (Phi) is 2.71. The molecule has 0 saturated carbocycles. The molecule has 0 aliphatic carbocycles. The van der Waals surface area contributed by atoms with Crippen LogP contribution in [0.15, 0.2) is 24.5 Å². The minimum Gasteiger partial charge on any atom is -0.478 e. The number of aromatic nitrogens is 2. The lowest BCUT2D eigenvalue weighted by Gasteiger charge is -2.14. The fraction of sp³-hybridized carbons (Fsp3) is 0.231. The van der Waals surface area contributed by atoms with Crippen LogP contribution in [-0.4, -0.2) is 20.9 Å². The minimum absolute atomic E-state index is 0.332. The molecular formula is C13H14N2O2. The Morgan fingerprint density at radius 2 is 1.94 bits per heavy atom. The van der Waals surface area contributed by atoms with E-state index in [1.54, 1.807) is 16.9 Å². The summed E-state index contributed by atoms with van der Waals surface area (Å²) in [6.07, 6.45) is 3.48. The summed E-state index contributed by atoms with van der Waals surface area (Å²) in [4.78, 5) is 11.2. The molecule has 1 N–H and O–H groups in total. The van der Waals surface area contributed by atoms with Gasteiger partial charge in [0.25, 0.3) is 0 Å². The van der Waals surface area contributed by atoms with Crippen LogP contribution in [0.25, 0.3) is 5.69 Å². The molecule has 1 aromatic carbocycles. The van der Waals surface area contributed by atoms with Crippen molar-refractivity contribution in [1.29, 1.82) is 0 Å². The van der Waals surface area contributed by atoms with Crippen molar-refractivity contribution in [2.45, 2.75) is 20.8 Å². The molecule has 0 radical (unpaired) electrons. The van der Waals surface area contributed by atoms with Crippen molar-refractivity contribution in [2.24, 2.45) is 0 Å². The summed E-state index contributed by atoms with van der Waals surface area (Å²) in [7, 11) is 0. The van der Waals surface area contributed by atoms with Crippen LogP contribution in [0.4, 0.5) is 0 Å². The predicted molar refractivity (Wildman–Crippen MR) is 64.7 cm³/mol. The normalized spacial score (nSPS) is 10.5. The maximum atomic E-state index is 11.2. The SMILES string of the molecule is Cc1c(C(=O)O)cc(-n2cccn2)c(C)c1C. The van der Waals surface area contributed by atoms with Crippen LogP contribution in [0.3, 0.4) is 0 Å². The lowest BCUT2D eigenvalue weighted by molar-refractivity contribution is 0.0696. The van der Waals surface area contributed by atoms with E-state index in [1.807, 2.05) is 33.0 Å². The molecule has 4 nitrogen and oxygen atoms in total. The summed E-state index contributed by atoms with van der Waals surface area (Å²) in [5, 5.41) is 13.3. The molecule has 0 unspecified atom stereocenters. The van der Waals surface area contributed by atoms with Gasteiger partial charge in [0.05, 0.1) is 11.3 Å². The Bertz CT molecular complexity index is 572. The van der Waals surface area contributed by atoms with Gasteiger partial charge in [0.2, 0.25) is 0 Å². The number of carboxylic acids is 1. The fourth-order valence-corrected chi connectivity index (χ4v) is 1.90. The van der Waals surface area contributed by atoms with Gasteiger partial charge in [-0.1, -0.05) is 0 Å². The average molecular weight is 230 g/mol. The monoisotopic (exact) mass is 230 g/mol. The van der Waals surface area contributed by atoms with Crippen LogP contribution in [0.1, 0.15) is 27.0 Å². The lowest BCUT2D eigenvalue weighted by Crippen LogP contribution is -2.07. The number of nitrogens with zero attached hydrogens (tertiary/aromatic N) is 2. The zero-order valence-electron chi connectivity index (χ0n) is 10.1. The summed E-state index contributed by atoms with van der Waals surface area (Å²) >= 11 is 0. The number of rotatable bonds is 2. The van der Waals surface area contributed by atoms with Crippen LogP contribution in [0.5, 0.6) is 0 Å². The van der Waals surface area contributed by atoms with Gasteiger partial charge in [-0.3, -0.25) is 0 Å². The molecule has 1 aromatic heterocycles.